The van der Waals surface area contributed by atoms with E-state index >= 15 is 0 Å². The lowest BCUT2D eigenvalue weighted by Crippen LogP contribution is -2.18. The molecule has 0 spiro atoms. The number of hydrogen-bond acceptors (Lipinski definition) is 0. The van der Waals surface area contributed by atoms with Crippen molar-refractivity contribution in [2.24, 2.45) is 0 Å². The van der Waals surface area contributed by atoms with Crippen LogP contribution in [0.1, 0.15) is 13.8 Å². The second-order valence-corrected chi connectivity index (χ2v) is 3.98. The molecule has 0 radical (unpaired) electrons. The Labute approximate surface area is 55.3 Å². The molecule has 0 rings (SSSR count). The lowest BCUT2D eigenvalue weighted by molar-refractivity contribution is -0.709. The van der Waals surface area contributed by atoms with Crippen molar-refractivity contribution in [1.29, 1.82) is 0 Å². The number of hydrogen-bond donors (Lipinski definition) is 0. The van der Waals surface area contributed by atoms with Gasteiger partial charge in [-0.2, -0.15) is 0 Å². The van der Waals surface area contributed by atoms with Crippen molar-refractivity contribution < 1.29 is 3.51 Å². The second-order valence-electron chi connectivity index (χ2n) is 1.85. The van der Waals surface area contributed by atoms with Crippen LogP contribution in [-0.2, 0) is 0 Å². The molecule has 0 aromatic heterocycles. The number of quaternary nitrogens is 1. The Bertz CT molecular complexity index is 23.6. The summed E-state index contributed by atoms with van der Waals surface area (Å²) in [4.78, 5) is 0. The second kappa shape index (κ2) is 4.60. The van der Waals surface area contributed by atoms with Crippen molar-refractivity contribution >= 4 is 16.1 Å². The Morgan fingerprint density at radius 3 is 1.00 bits per heavy atom. The van der Waals surface area contributed by atoms with E-state index in [1.54, 1.807) is 0 Å². The van der Waals surface area contributed by atoms with Crippen molar-refractivity contribution in [2.75, 3.05) is 21.1 Å². The smallest absolute Gasteiger partial charge is 0.226 e. The van der Waals surface area contributed by atoms with Crippen molar-refractivity contribution in [1.82, 2.24) is 0 Å². The van der Waals surface area contributed by atoms with Gasteiger partial charge in [0.05, 0.1) is 21.1 Å². The quantitative estimate of drug-likeness (QED) is 0.486. The van der Waals surface area contributed by atoms with E-state index in [2.05, 4.69) is 16.1 Å². The summed E-state index contributed by atoms with van der Waals surface area (Å²) < 4.78 is 0.812. The van der Waals surface area contributed by atoms with Gasteiger partial charge in [0.2, 0.25) is 16.1 Å². The molecule has 0 saturated carbocycles. The largest absolute Gasteiger partial charge is 0.263 e. The van der Waals surface area contributed by atoms with Crippen LogP contribution in [0.15, 0.2) is 0 Å². The highest BCUT2D eigenvalue weighted by Gasteiger charge is 1.94. The van der Waals surface area contributed by atoms with Crippen LogP contribution in [-0.4, -0.2) is 24.7 Å². The summed E-state index contributed by atoms with van der Waals surface area (Å²) in [6, 6.07) is 0. The van der Waals surface area contributed by atoms with Gasteiger partial charge in [0.25, 0.3) is 0 Å². The maximum absolute atomic E-state index is 3.31. The summed E-state index contributed by atoms with van der Waals surface area (Å²) in [6.45, 7) is 4.00. The van der Waals surface area contributed by atoms with Gasteiger partial charge in [-0.15, -0.1) is 0 Å². The molecule has 2 heteroatoms. The third kappa shape index (κ3) is 656. The predicted molar refractivity (Wildman–Crippen MR) is 38.3 cm³/mol. The molecule has 7 heavy (non-hydrogen) atoms. The van der Waals surface area contributed by atoms with Gasteiger partial charge in [-0.25, -0.2) is 0 Å². The molecule has 0 saturated heterocycles. The fourth-order valence-corrected chi connectivity index (χ4v) is 0. The highest BCUT2D eigenvalue weighted by atomic mass is 79.9. The van der Waals surface area contributed by atoms with Crippen molar-refractivity contribution in [2.45, 2.75) is 13.8 Å². The Morgan fingerprint density at radius 2 is 1.00 bits per heavy atom. The Balaban J connectivity index is 0. The SMILES string of the molecule is CC.C[N+](C)(C)Br. The first-order valence-electron chi connectivity index (χ1n) is 2.51. The van der Waals surface area contributed by atoms with E-state index in [1.807, 2.05) is 35.0 Å². The number of rotatable bonds is 0. The van der Waals surface area contributed by atoms with Crippen LogP contribution in [0.25, 0.3) is 0 Å². The van der Waals surface area contributed by atoms with Crippen LogP contribution in [0.2, 0.25) is 0 Å². The summed E-state index contributed by atoms with van der Waals surface area (Å²) in [6.07, 6.45) is 0. The first-order valence-corrected chi connectivity index (χ1v) is 3.22. The minimum absolute atomic E-state index is 0.812. The van der Waals surface area contributed by atoms with E-state index in [-0.39, 0.29) is 0 Å². The van der Waals surface area contributed by atoms with Gasteiger partial charge in [-0.3, -0.25) is 3.51 Å². The first kappa shape index (κ1) is 10.4. The lowest BCUT2D eigenvalue weighted by atomic mass is 11.0. The summed E-state index contributed by atoms with van der Waals surface area (Å²) in [5, 5.41) is 0. The Kier molecular flexibility index (Phi) is 6.84. The summed E-state index contributed by atoms with van der Waals surface area (Å²) in [5.41, 5.74) is 0. The molecule has 0 bridgehead atoms. The molecular weight excluding hydrogens is 154 g/mol. The standard InChI is InChI=1S/C3H9BrN.C2H6/c1-5(2,3)4;1-2/h1-3H3;1-2H3/q+1;. The molecular formula is C5H15BrN+. The van der Waals surface area contributed by atoms with Crippen molar-refractivity contribution in [3.63, 3.8) is 0 Å². The summed E-state index contributed by atoms with van der Waals surface area (Å²) >= 11 is 3.31. The monoisotopic (exact) mass is 168 g/mol. The van der Waals surface area contributed by atoms with E-state index in [4.69, 9.17) is 0 Å². The topological polar surface area (TPSA) is 0 Å². The zero-order valence-electron chi connectivity index (χ0n) is 5.83. The van der Waals surface area contributed by atoms with Gasteiger partial charge in [-0.05, 0) is 0 Å². The fourth-order valence-electron chi connectivity index (χ4n) is 0. The third-order valence-electron chi connectivity index (χ3n) is 0. The van der Waals surface area contributed by atoms with E-state index in [0.29, 0.717) is 0 Å². The summed E-state index contributed by atoms with van der Waals surface area (Å²) in [5.74, 6) is 0. The van der Waals surface area contributed by atoms with Gasteiger partial charge < -0.3 is 0 Å². The normalized spacial score (nSPS) is 9.43. The molecule has 1 nitrogen and oxygen atoms in total. The Hall–Kier alpha value is 0.440. The maximum atomic E-state index is 3.31. The molecule has 0 aliphatic carbocycles. The number of nitrogens with zero attached hydrogens (tertiary/aromatic N) is 1. The van der Waals surface area contributed by atoms with E-state index in [1.165, 1.54) is 0 Å². The van der Waals surface area contributed by atoms with Crippen LogP contribution in [0.5, 0.6) is 0 Å². The molecule has 0 N–H and O–H groups in total. The zero-order valence-corrected chi connectivity index (χ0v) is 7.41. The molecule has 0 fully saturated rings. The van der Waals surface area contributed by atoms with E-state index in [0.717, 1.165) is 3.51 Å². The van der Waals surface area contributed by atoms with Crippen LogP contribution in [0, 0.1) is 0 Å². The lowest BCUT2D eigenvalue weighted by Gasteiger charge is -2.08. The predicted octanol–water partition coefficient (Wildman–Crippen LogP) is 2.03. The average molecular weight is 169 g/mol. The highest BCUT2D eigenvalue weighted by Crippen LogP contribution is 1.96. The summed E-state index contributed by atoms with van der Waals surface area (Å²) in [7, 11) is 6.12. The van der Waals surface area contributed by atoms with Gasteiger partial charge >= 0.3 is 0 Å². The molecule has 0 aromatic rings. The van der Waals surface area contributed by atoms with Gasteiger partial charge in [0.15, 0.2) is 0 Å². The minimum Gasteiger partial charge on any atom is -0.263 e. The molecule has 0 aliphatic rings. The molecule has 0 atom stereocenters. The molecule has 0 unspecified atom stereocenters. The van der Waals surface area contributed by atoms with Crippen LogP contribution in [0.3, 0.4) is 0 Å². The van der Waals surface area contributed by atoms with Crippen molar-refractivity contribution in [3.8, 4) is 0 Å². The minimum atomic E-state index is 0.812. The van der Waals surface area contributed by atoms with Crippen LogP contribution >= 0.6 is 16.1 Å². The molecule has 0 aliphatic heterocycles. The van der Waals surface area contributed by atoms with Gasteiger partial charge in [-0.1, -0.05) is 13.8 Å². The van der Waals surface area contributed by atoms with E-state index in [9.17, 15) is 0 Å². The average Bonchev–Trinajstić information content (AvgIpc) is 1.36. The molecule has 0 heterocycles. The third-order valence-corrected chi connectivity index (χ3v) is 0. The Morgan fingerprint density at radius 1 is 1.00 bits per heavy atom. The van der Waals surface area contributed by atoms with Gasteiger partial charge in [0, 0.05) is 0 Å². The first-order chi connectivity index (χ1) is 3.00. The molecule has 0 amide bonds. The van der Waals surface area contributed by atoms with E-state index < -0.39 is 0 Å². The number of halogens is 1. The van der Waals surface area contributed by atoms with Gasteiger partial charge in [0.1, 0.15) is 0 Å². The highest BCUT2D eigenvalue weighted by molar-refractivity contribution is 9.05. The zero-order chi connectivity index (χ0) is 6.50. The van der Waals surface area contributed by atoms with Crippen LogP contribution in [0.4, 0.5) is 0 Å². The van der Waals surface area contributed by atoms with Crippen LogP contribution < -0.4 is 0 Å². The fraction of sp³-hybridized carbons (Fsp3) is 1.00. The molecule has 46 valence electrons. The maximum Gasteiger partial charge on any atom is 0.226 e. The molecule has 0 aromatic carbocycles. The van der Waals surface area contributed by atoms with Crippen molar-refractivity contribution in [3.05, 3.63) is 0 Å².